The number of methoxy groups -OCH3 is 2. The van der Waals surface area contributed by atoms with E-state index in [4.69, 9.17) is 26.2 Å². The Hall–Kier alpha value is -2.14. The predicted octanol–water partition coefficient (Wildman–Crippen LogP) is 3.10. The van der Waals surface area contributed by atoms with Crippen LogP contribution < -0.4 is 9.47 Å². The monoisotopic (exact) mass is 309 g/mol. The highest BCUT2D eigenvalue weighted by atomic mass is 35.5. The lowest BCUT2D eigenvalue weighted by Gasteiger charge is -2.10. The number of hydrogen-bond donors (Lipinski definition) is 1. The molecule has 1 aromatic heterocycles. The molecule has 0 aliphatic carbocycles. The van der Waals surface area contributed by atoms with Crippen molar-refractivity contribution < 1.29 is 19.4 Å². The summed E-state index contributed by atoms with van der Waals surface area (Å²) in [5.41, 5.74) is 1.20. The molecule has 5 nitrogen and oxygen atoms in total. The number of hydrogen-bond acceptors (Lipinski definition) is 3. The van der Waals surface area contributed by atoms with Crippen molar-refractivity contribution in [3.8, 4) is 11.5 Å². The van der Waals surface area contributed by atoms with Gasteiger partial charge in [-0.2, -0.15) is 0 Å². The van der Waals surface area contributed by atoms with Crippen LogP contribution >= 0.6 is 11.6 Å². The Labute approximate surface area is 127 Å². The number of aromatic carboxylic acids is 1. The molecule has 0 saturated carbocycles. The maximum Gasteiger partial charge on any atom is 0.352 e. The summed E-state index contributed by atoms with van der Waals surface area (Å²) in [5, 5.41) is 9.53. The third-order valence-electron chi connectivity index (χ3n) is 3.17. The standard InChI is InChI=1S/C15H16ClNO4/c1-20-13-4-3-10(7-14(13)21-2)5-6-17-9-11(16)8-12(17)15(18)19/h3-4,7-9H,5-6H2,1-2H3,(H,18,19). The first-order chi connectivity index (χ1) is 10.0. The zero-order valence-corrected chi connectivity index (χ0v) is 12.6. The molecule has 2 rings (SSSR count). The van der Waals surface area contributed by atoms with E-state index in [0.29, 0.717) is 29.5 Å². The molecule has 1 heterocycles. The number of carboxylic acids is 1. The number of halogens is 1. The van der Waals surface area contributed by atoms with E-state index < -0.39 is 5.97 Å². The molecule has 1 N–H and O–H groups in total. The fourth-order valence-corrected chi connectivity index (χ4v) is 2.35. The van der Waals surface area contributed by atoms with Gasteiger partial charge in [-0.3, -0.25) is 0 Å². The lowest BCUT2D eigenvalue weighted by molar-refractivity contribution is 0.0685. The van der Waals surface area contributed by atoms with Gasteiger partial charge < -0.3 is 19.1 Å². The normalized spacial score (nSPS) is 10.4. The number of carbonyl (C=O) groups is 1. The SMILES string of the molecule is COc1ccc(CCn2cc(Cl)cc2C(=O)O)cc1OC. The van der Waals surface area contributed by atoms with E-state index in [2.05, 4.69) is 0 Å². The second kappa shape index (κ2) is 6.54. The molecule has 0 saturated heterocycles. The molecule has 1 aromatic carbocycles. The van der Waals surface area contributed by atoms with Gasteiger partial charge in [0.05, 0.1) is 19.2 Å². The second-order valence-electron chi connectivity index (χ2n) is 4.48. The molecule has 0 aliphatic heterocycles. The highest BCUT2D eigenvalue weighted by Crippen LogP contribution is 2.28. The fraction of sp³-hybridized carbons (Fsp3) is 0.267. The van der Waals surface area contributed by atoms with E-state index in [1.807, 2.05) is 18.2 Å². The van der Waals surface area contributed by atoms with Gasteiger partial charge in [-0.05, 0) is 30.2 Å². The zero-order chi connectivity index (χ0) is 15.4. The largest absolute Gasteiger partial charge is 0.493 e. The zero-order valence-electron chi connectivity index (χ0n) is 11.8. The van der Waals surface area contributed by atoms with Crippen molar-refractivity contribution in [3.63, 3.8) is 0 Å². The van der Waals surface area contributed by atoms with Gasteiger partial charge in [0.2, 0.25) is 0 Å². The topological polar surface area (TPSA) is 60.7 Å². The molecular weight excluding hydrogens is 294 g/mol. The third kappa shape index (κ3) is 3.49. The van der Waals surface area contributed by atoms with Crippen LogP contribution in [0.15, 0.2) is 30.5 Å². The fourth-order valence-electron chi connectivity index (χ4n) is 2.12. The number of benzene rings is 1. The molecule has 112 valence electrons. The van der Waals surface area contributed by atoms with Crippen LogP contribution in [0.5, 0.6) is 11.5 Å². The van der Waals surface area contributed by atoms with Crippen LogP contribution in [0.4, 0.5) is 0 Å². The summed E-state index contributed by atoms with van der Waals surface area (Å²) in [5.74, 6) is 0.324. The average Bonchev–Trinajstić information content (AvgIpc) is 2.86. The maximum atomic E-state index is 11.1. The van der Waals surface area contributed by atoms with Crippen LogP contribution in [0.3, 0.4) is 0 Å². The minimum atomic E-state index is -0.991. The summed E-state index contributed by atoms with van der Waals surface area (Å²) in [6, 6.07) is 7.07. The molecule has 0 spiro atoms. The number of ether oxygens (including phenoxy) is 2. The Morgan fingerprint density at radius 3 is 2.57 bits per heavy atom. The van der Waals surface area contributed by atoms with Crippen LogP contribution in [-0.2, 0) is 13.0 Å². The van der Waals surface area contributed by atoms with Crippen molar-refractivity contribution in [1.29, 1.82) is 0 Å². The van der Waals surface area contributed by atoms with Crippen LogP contribution in [0.2, 0.25) is 5.02 Å². The minimum Gasteiger partial charge on any atom is -0.493 e. The maximum absolute atomic E-state index is 11.1. The molecule has 21 heavy (non-hydrogen) atoms. The van der Waals surface area contributed by atoms with Gasteiger partial charge in [-0.1, -0.05) is 17.7 Å². The number of aryl methyl sites for hydroxylation is 2. The molecule has 0 fully saturated rings. The first kappa shape index (κ1) is 15.3. The molecule has 6 heteroatoms. The van der Waals surface area contributed by atoms with Gasteiger partial charge in [0, 0.05) is 12.7 Å². The van der Waals surface area contributed by atoms with Gasteiger partial charge in [-0.15, -0.1) is 0 Å². The molecule has 0 unspecified atom stereocenters. The van der Waals surface area contributed by atoms with E-state index in [0.717, 1.165) is 5.56 Å². The summed E-state index contributed by atoms with van der Waals surface area (Å²) >= 11 is 5.86. The van der Waals surface area contributed by atoms with Gasteiger partial charge in [0.25, 0.3) is 0 Å². The molecule has 0 atom stereocenters. The summed E-state index contributed by atoms with van der Waals surface area (Å²) in [6.45, 7) is 0.518. The average molecular weight is 310 g/mol. The molecule has 2 aromatic rings. The Morgan fingerprint density at radius 1 is 1.24 bits per heavy atom. The van der Waals surface area contributed by atoms with E-state index in [1.54, 1.807) is 25.0 Å². The lowest BCUT2D eigenvalue weighted by Crippen LogP contribution is -2.09. The summed E-state index contributed by atoms with van der Waals surface area (Å²) in [4.78, 5) is 11.1. The van der Waals surface area contributed by atoms with Gasteiger partial charge in [0.15, 0.2) is 11.5 Å². The van der Waals surface area contributed by atoms with Crippen molar-refractivity contribution in [2.24, 2.45) is 0 Å². The third-order valence-corrected chi connectivity index (χ3v) is 3.38. The van der Waals surface area contributed by atoms with Crippen LogP contribution in [0, 0.1) is 0 Å². The molecular formula is C15H16ClNO4. The number of carboxylic acid groups (broad SMARTS) is 1. The highest BCUT2D eigenvalue weighted by molar-refractivity contribution is 6.30. The second-order valence-corrected chi connectivity index (χ2v) is 4.92. The summed E-state index contributed by atoms with van der Waals surface area (Å²) in [7, 11) is 3.16. The predicted molar refractivity (Wildman–Crippen MR) is 79.7 cm³/mol. The smallest absolute Gasteiger partial charge is 0.352 e. The summed E-state index contributed by atoms with van der Waals surface area (Å²) < 4.78 is 12.1. The molecule has 0 bridgehead atoms. The minimum absolute atomic E-state index is 0.181. The molecule has 0 radical (unpaired) electrons. The van der Waals surface area contributed by atoms with Gasteiger partial charge in [0.1, 0.15) is 5.69 Å². The van der Waals surface area contributed by atoms with Crippen molar-refractivity contribution in [1.82, 2.24) is 4.57 Å². The Kier molecular flexibility index (Phi) is 4.75. The number of aromatic nitrogens is 1. The van der Waals surface area contributed by atoms with Crippen LogP contribution in [0.25, 0.3) is 0 Å². The van der Waals surface area contributed by atoms with E-state index in [-0.39, 0.29) is 5.69 Å². The van der Waals surface area contributed by atoms with Gasteiger partial charge >= 0.3 is 5.97 Å². The van der Waals surface area contributed by atoms with E-state index >= 15 is 0 Å². The molecule has 0 aliphatic rings. The van der Waals surface area contributed by atoms with Crippen molar-refractivity contribution in [2.45, 2.75) is 13.0 Å². The highest BCUT2D eigenvalue weighted by Gasteiger charge is 2.12. The number of nitrogens with zero attached hydrogens (tertiary/aromatic N) is 1. The Morgan fingerprint density at radius 2 is 1.95 bits per heavy atom. The lowest BCUT2D eigenvalue weighted by atomic mass is 10.1. The molecule has 0 amide bonds. The van der Waals surface area contributed by atoms with Crippen molar-refractivity contribution in [3.05, 3.63) is 46.7 Å². The van der Waals surface area contributed by atoms with Crippen molar-refractivity contribution >= 4 is 17.6 Å². The first-order valence-corrected chi connectivity index (χ1v) is 6.73. The van der Waals surface area contributed by atoms with Crippen LogP contribution in [-0.4, -0.2) is 29.9 Å². The summed E-state index contributed by atoms with van der Waals surface area (Å²) in [6.07, 6.45) is 2.28. The Bertz CT molecular complexity index is 651. The van der Waals surface area contributed by atoms with Crippen LogP contribution in [0.1, 0.15) is 16.1 Å². The van der Waals surface area contributed by atoms with E-state index in [1.165, 1.54) is 6.07 Å². The van der Waals surface area contributed by atoms with E-state index in [9.17, 15) is 4.79 Å². The van der Waals surface area contributed by atoms with Crippen molar-refractivity contribution in [2.75, 3.05) is 14.2 Å². The number of rotatable bonds is 6. The quantitative estimate of drug-likeness (QED) is 0.890. The first-order valence-electron chi connectivity index (χ1n) is 6.35. The van der Waals surface area contributed by atoms with Gasteiger partial charge in [-0.25, -0.2) is 4.79 Å². The Balaban J connectivity index is 2.15.